The zero-order valence-electron chi connectivity index (χ0n) is 24.5. The first-order chi connectivity index (χ1) is 18.8. The lowest BCUT2D eigenvalue weighted by Gasteiger charge is -2.36. The number of aryl methyl sites for hydroxylation is 1. The Balaban J connectivity index is 1.55. The fourth-order valence-corrected chi connectivity index (χ4v) is 6.38. The largest absolute Gasteiger partial charge is 0.350 e. The Morgan fingerprint density at radius 3 is 2.25 bits per heavy atom. The molecule has 0 bridgehead atoms. The van der Waals surface area contributed by atoms with Crippen molar-refractivity contribution in [3.05, 3.63) is 70.0 Å². The molecule has 3 atom stereocenters. The molecule has 218 valence electrons. The predicted molar refractivity (Wildman–Crippen MR) is 150 cm³/mol. The second-order valence-corrected chi connectivity index (χ2v) is 12.4. The van der Waals surface area contributed by atoms with E-state index >= 15 is 0 Å². The van der Waals surface area contributed by atoms with Crippen molar-refractivity contribution in [1.82, 2.24) is 15.1 Å². The molecule has 0 spiro atoms. The second kappa shape index (κ2) is 11.9. The first-order valence-corrected chi connectivity index (χ1v) is 14.4. The molecule has 40 heavy (non-hydrogen) atoms. The Morgan fingerprint density at radius 2 is 1.68 bits per heavy atom. The van der Waals surface area contributed by atoms with Crippen LogP contribution in [0.4, 0.5) is 13.2 Å². The molecule has 2 amide bonds. The highest BCUT2D eigenvalue weighted by Gasteiger charge is 2.45. The monoisotopic (exact) mass is 557 g/mol. The number of benzene rings is 2. The van der Waals surface area contributed by atoms with Gasteiger partial charge in [0, 0.05) is 50.6 Å². The van der Waals surface area contributed by atoms with Gasteiger partial charge in [0.15, 0.2) is 0 Å². The molecule has 2 aromatic carbocycles. The van der Waals surface area contributed by atoms with Crippen LogP contribution in [0.5, 0.6) is 0 Å². The van der Waals surface area contributed by atoms with Crippen LogP contribution in [-0.2, 0) is 9.59 Å². The van der Waals surface area contributed by atoms with Crippen LogP contribution in [-0.4, -0.2) is 53.3 Å². The molecule has 5 nitrogen and oxygen atoms in total. The van der Waals surface area contributed by atoms with E-state index in [0.717, 1.165) is 17.2 Å². The molecule has 2 heterocycles. The number of nitrogens with zero attached hydrogens (tertiary/aromatic N) is 2. The van der Waals surface area contributed by atoms with Crippen LogP contribution in [0.25, 0.3) is 0 Å². The molecule has 2 unspecified atom stereocenters. The summed E-state index contributed by atoms with van der Waals surface area (Å²) in [4.78, 5) is 29.8. The molecule has 0 aromatic heterocycles. The van der Waals surface area contributed by atoms with Gasteiger partial charge in [-0.2, -0.15) is 0 Å². The molecular formula is C32H42F3N3O2. The first-order valence-electron chi connectivity index (χ1n) is 14.4. The minimum Gasteiger partial charge on any atom is -0.350 e. The van der Waals surface area contributed by atoms with Gasteiger partial charge in [-0.3, -0.25) is 14.5 Å². The Bertz CT molecular complexity index is 1250. The second-order valence-electron chi connectivity index (χ2n) is 12.4. The summed E-state index contributed by atoms with van der Waals surface area (Å²) in [6.07, 6.45) is 2.02. The van der Waals surface area contributed by atoms with Crippen LogP contribution >= 0.6 is 0 Å². The van der Waals surface area contributed by atoms with E-state index in [1.165, 1.54) is 19.1 Å². The zero-order valence-corrected chi connectivity index (χ0v) is 24.5. The molecule has 8 heteroatoms. The number of carbonyl (C=O) groups is 2. The van der Waals surface area contributed by atoms with Gasteiger partial charge in [-0.05, 0) is 87.3 Å². The lowest BCUT2D eigenvalue weighted by molar-refractivity contribution is -0.136. The summed E-state index contributed by atoms with van der Waals surface area (Å²) < 4.78 is 43.3. The Kier molecular flexibility index (Phi) is 8.98. The Hall–Kier alpha value is -2.87. The van der Waals surface area contributed by atoms with Crippen LogP contribution < -0.4 is 5.32 Å². The average Bonchev–Trinajstić information content (AvgIpc) is 3.34. The topological polar surface area (TPSA) is 52.7 Å². The lowest BCUT2D eigenvalue weighted by atomic mass is 9.82. The Morgan fingerprint density at radius 1 is 1.00 bits per heavy atom. The van der Waals surface area contributed by atoms with E-state index in [0.29, 0.717) is 56.6 Å². The minimum atomic E-state index is -0.632. The maximum Gasteiger partial charge on any atom is 0.227 e. The first kappa shape index (κ1) is 30.1. The summed E-state index contributed by atoms with van der Waals surface area (Å²) in [6.45, 7) is 13.5. The lowest BCUT2D eigenvalue weighted by Crippen LogP contribution is -2.44. The van der Waals surface area contributed by atoms with E-state index in [1.54, 1.807) is 13.0 Å². The average molecular weight is 558 g/mol. The molecule has 0 saturated carbocycles. The number of nitrogens with one attached hydrogen (secondary N) is 1. The molecule has 2 aromatic rings. The molecule has 2 saturated heterocycles. The maximum absolute atomic E-state index is 14.9. The number of likely N-dealkylation sites (tertiary alicyclic amines) is 2. The number of amides is 2. The van der Waals surface area contributed by atoms with E-state index in [-0.39, 0.29) is 41.0 Å². The molecule has 0 radical (unpaired) electrons. The summed E-state index contributed by atoms with van der Waals surface area (Å²) in [6, 6.07) is 6.86. The van der Waals surface area contributed by atoms with Gasteiger partial charge in [0.25, 0.3) is 0 Å². The van der Waals surface area contributed by atoms with Crippen molar-refractivity contribution in [1.29, 1.82) is 0 Å². The molecule has 2 aliphatic heterocycles. The van der Waals surface area contributed by atoms with E-state index in [1.807, 2.05) is 17.9 Å². The number of carbonyl (C=O) groups excluding carboxylic acids is 2. The molecule has 1 N–H and O–H groups in total. The smallest absolute Gasteiger partial charge is 0.227 e. The third-order valence-corrected chi connectivity index (χ3v) is 8.72. The van der Waals surface area contributed by atoms with E-state index in [9.17, 15) is 22.8 Å². The van der Waals surface area contributed by atoms with Gasteiger partial charge in [-0.15, -0.1) is 0 Å². The van der Waals surface area contributed by atoms with Gasteiger partial charge in [0.05, 0.1) is 12.0 Å². The molecule has 2 aliphatic rings. The van der Waals surface area contributed by atoms with Gasteiger partial charge >= 0.3 is 0 Å². The van der Waals surface area contributed by atoms with Crippen LogP contribution in [0.15, 0.2) is 30.3 Å². The fourth-order valence-electron chi connectivity index (χ4n) is 6.38. The van der Waals surface area contributed by atoms with Crippen molar-refractivity contribution in [2.75, 3.05) is 26.2 Å². The van der Waals surface area contributed by atoms with Crippen molar-refractivity contribution < 1.29 is 22.8 Å². The standard InChI is InChI=1S/C32H42F3N3O2/c1-7-30(36-20(3)39)25-14-19(2)28(34)16-24(25)21-10-12-37(13-11-21)31(40)27-18-38(32(4,5)6)17-26(27)23-9-8-22(33)15-29(23)35/h8-9,14-16,21,26-27,30H,7,10-13,17-18H2,1-6H3,(H,36,39)/t26?,27?,30-/m0/s1. The predicted octanol–water partition coefficient (Wildman–Crippen LogP) is 6.22. The zero-order chi connectivity index (χ0) is 29.4. The Labute approximate surface area is 236 Å². The highest BCUT2D eigenvalue weighted by atomic mass is 19.1. The third kappa shape index (κ3) is 6.37. The van der Waals surface area contributed by atoms with E-state index in [4.69, 9.17) is 0 Å². The summed E-state index contributed by atoms with van der Waals surface area (Å²) in [7, 11) is 0. The van der Waals surface area contributed by atoms with E-state index < -0.39 is 17.6 Å². The van der Waals surface area contributed by atoms with Crippen LogP contribution in [0.1, 0.15) is 94.0 Å². The highest BCUT2D eigenvalue weighted by Crippen LogP contribution is 2.40. The fraction of sp³-hybridized carbons (Fsp3) is 0.562. The highest BCUT2D eigenvalue weighted by molar-refractivity contribution is 5.81. The quantitative estimate of drug-likeness (QED) is 0.459. The number of halogens is 3. The van der Waals surface area contributed by atoms with Crippen molar-refractivity contribution in [2.24, 2.45) is 5.92 Å². The van der Waals surface area contributed by atoms with Gasteiger partial charge in [0.2, 0.25) is 11.8 Å². The minimum absolute atomic E-state index is 0.0149. The van der Waals surface area contributed by atoms with Gasteiger partial charge in [-0.1, -0.05) is 19.1 Å². The number of rotatable bonds is 6. The third-order valence-electron chi connectivity index (χ3n) is 8.72. The van der Waals surface area contributed by atoms with Crippen LogP contribution in [0.3, 0.4) is 0 Å². The maximum atomic E-state index is 14.9. The number of hydrogen-bond donors (Lipinski definition) is 1. The summed E-state index contributed by atoms with van der Waals surface area (Å²) >= 11 is 0. The van der Waals surface area contributed by atoms with Crippen LogP contribution in [0.2, 0.25) is 0 Å². The summed E-state index contributed by atoms with van der Waals surface area (Å²) in [5.41, 5.74) is 2.54. The molecule has 4 rings (SSSR count). The molecular weight excluding hydrogens is 515 g/mol. The number of piperidine rings is 1. The van der Waals surface area contributed by atoms with Crippen molar-refractivity contribution in [3.63, 3.8) is 0 Å². The normalized spacial score (nSPS) is 21.5. The molecule has 0 aliphatic carbocycles. The molecule has 2 fully saturated rings. The van der Waals surface area contributed by atoms with Gasteiger partial charge in [-0.25, -0.2) is 13.2 Å². The number of hydrogen-bond acceptors (Lipinski definition) is 3. The van der Waals surface area contributed by atoms with Crippen molar-refractivity contribution in [3.8, 4) is 0 Å². The van der Waals surface area contributed by atoms with Gasteiger partial charge in [0.1, 0.15) is 17.5 Å². The summed E-state index contributed by atoms with van der Waals surface area (Å²) in [5.74, 6) is -2.42. The van der Waals surface area contributed by atoms with Crippen molar-refractivity contribution in [2.45, 2.75) is 84.2 Å². The van der Waals surface area contributed by atoms with E-state index in [2.05, 4.69) is 31.0 Å². The van der Waals surface area contributed by atoms with Crippen LogP contribution in [0, 0.1) is 30.3 Å². The summed E-state index contributed by atoms with van der Waals surface area (Å²) in [5, 5.41) is 3.00. The SMILES string of the molecule is CC[C@H](NC(C)=O)c1cc(C)c(F)cc1C1CCN(C(=O)C2CN(C(C)(C)C)CC2c2ccc(F)cc2F)CC1. The van der Waals surface area contributed by atoms with Gasteiger partial charge < -0.3 is 10.2 Å². The van der Waals surface area contributed by atoms with Crippen molar-refractivity contribution >= 4 is 11.8 Å².